The van der Waals surface area contributed by atoms with E-state index >= 15 is 0 Å². The van der Waals surface area contributed by atoms with Crippen molar-refractivity contribution in [3.63, 3.8) is 0 Å². The molecule has 0 aliphatic heterocycles. The lowest BCUT2D eigenvalue weighted by molar-refractivity contribution is 0.265. The molecule has 3 nitrogen and oxygen atoms in total. The van der Waals surface area contributed by atoms with Crippen LogP contribution in [0.2, 0.25) is 0 Å². The van der Waals surface area contributed by atoms with Gasteiger partial charge in [-0.2, -0.15) is 0 Å². The topological polar surface area (TPSA) is 27.3 Å². The van der Waals surface area contributed by atoms with Crippen LogP contribution < -0.4 is 10.6 Å². The number of anilines is 1. The predicted octanol–water partition coefficient (Wildman–Crippen LogP) is 4.46. The van der Waals surface area contributed by atoms with E-state index in [1.807, 2.05) is 12.1 Å². The van der Waals surface area contributed by atoms with Crippen LogP contribution in [0.15, 0.2) is 42.5 Å². The van der Waals surface area contributed by atoms with Crippen LogP contribution in [0.3, 0.4) is 0 Å². The van der Waals surface area contributed by atoms with Crippen molar-refractivity contribution in [1.82, 2.24) is 10.2 Å². The second-order valence-corrected chi connectivity index (χ2v) is 6.96. The molecule has 25 heavy (non-hydrogen) atoms. The van der Waals surface area contributed by atoms with E-state index in [0.717, 1.165) is 6.54 Å². The highest BCUT2D eigenvalue weighted by molar-refractivity contribution is 7.80. The molecule has 0 spiro atoms. The molecule has 2 aromatic rings. The number of nitrogens with zero attached hydrogens (tertiary/aromatic N) is 1. The maximum atomic E-state index is 13.6. The third kappa shape index (κ3) is 5.80. The van der Waals surface area contributed by atoms with Crippen LogP contribution >= 0.6 is 12.2 Å². The number of thiocarbonyl (C=S) groups is 1. The number of nitrogens with one attached hydrogen (secondary N) is 2. The van der Waals surface area contributed by atoms with Crippen molar-refractivity contribution in [2.24, 2.45) is 0 Å². The van der Waals surface area contributed by atoms with E-state index in [9.17, 15) is 4.39 Å². The van der Waals surface area contributed by atoms with Crippen LogP contribution in [0.1, 0.15) is 30.5 Å². The first kappa shape index (κ1) is 19.3. The van der Waals surface area contributed by atoms with E-state index in [1.165, 1.54) is 17.2 Å². The fraction of sp³-hybridized carbons (Fsp3) is 0.350. The molecule has 2 aromatic carbocycles. The van der Waals surface area contributed by atoms with Gasteiger partial charge in [0.25, 0.3) is 0 Å². The number of halogens is 1. The van der Waals surface area contributed by atoms with E-state index in [4.69, 9.17) is 12.2 Å². The average molecular weight is 360 g/mol. The van der Waals surface area contributed by atoms with Gasteiger partial charge in [0.15, 0.2) is 5.11 Å². The monoisotopic (exact) mass is 359 g/mol. The van der Waals surface area contributed by atoms with Crippen LogP contribution in [-0.2, 0) is 13.1 Å². The van der Waals surface area contributed by atoms with E-state index < -0.39 is 0 Å². The average Bonchev–Trinajstić information content (AvgIpc) is 2.57. The molecule has 0 amide bonds. The van der Waals surface area contributed by atoms with Gasteiger partial charge in [-0.05, 0) is 68.9 Å². The lowest BCUT2D eigenvalue weighted by atomic mass is 10.1. The molecule has 0 radical (unpaired) electrons. The van der Waals surface area contributed by atoms with Crippen molar-refractivity contribution in [2.75, 3.05) is 12.4 Å². The summed E-state index contributed by atoms with van der Waals surface area (Å²) in [5.74, 6) is -0.241. The summed E-state index contributed by atoms with van der Waals surface area (Å²) in [4.78, 5) is 2.30. The number of hydrogen-bond acceptors (Lipinski definition) is 2. The van der Waals surface area contributed by atoms with Crippen molar-refractivity contribution >= 4 is 23.0 Å². The fourth-order valence-corrected chi connectivity index (χ4v) is 2.55. The molecule has 0 heterocycles. The van der Waals surface area contributed by atoms with Crippen LogP contribution in [-0.4, -0.2) is 23.1 Å². The quantitative estimate of drug-likeness (QED) is 0.745. The van der Waals surface area contributed by atoms with E-state index in [2.05, 4.69) is 54.6 Å². The summed E-state index contributed by atoms with van der Waals surface area (Å²) in [6.45, 7) is 7.61. The summed E-state index contributed by atoms with van der Waals surface area (Å²) >= 11 is 5.33. The van der Waals surface area contributed by atoms with Gasteiger partial charge in [-0.3, -0.25) is 4.90 Å². The van der Waals surface area contributed by atoms with E-state index in [-0.39, 0.29) is 5.82 Å². The largest absolute Gasteiger partial charge is 0.358 e. The lowest BCUT2D eigenvalue weighted by Crippen LogP contribution is -2.29. The molecule has 0 saturated carbocycles. The molecule has 0 unspecified atom stereocenters. The molecule has 0 aliphatic rings. The van der Waals surface area contributed by atoms with Gasteiger partial charge in [0.05, 0.1) is 0 Å². The summed E-state index contributed by atoms with van der Waals surface area (Å²) in [5.41, 5.74) is 3.74. The predicted molar refractivity (Wildman–Crippen MR) is 107 cm³/mol. The van der Waals surface area contributed by atoms with E-state index in [1.54, 1.807) is 13.0 Å². The van der Waals surface area contributed by atoms with Gasteiger partial charge in [-0.15, -0.1) is 0 Å². The van der Waals surface area contributed by atoms with Gasteiger partial charge in [-0.25, -0.2) is 4.39 Å². The summed E-state index contributed by atoms with van der Waals surface area (Å²) in [7, 11) is 2.12. The molecule has 0 atom stereocenters. The van der Waals surface area contributed by atoms with Crippen molar-refractivity contribution in [3.05, 3.63) is 65.0 Å². The first-order chi connectivity index (χ1) is 11.9. The highest BCUT2D eigenvalue weighted by atomic mass is 32.1. The second-order valence-electron chi connectivity index (χ2n) is 6.55. The Morgan fingerprint density at radius 3 is 2.48 bits per heavy atom. The smallest absolute Gasteiger partial charge is 0.171 e. The zero-order chi connectivity index (χ0) is 18.4. The van der Waals surface area contributed by atoms with Crippen molar-refractivity contribution < 1.29 is 4.39 Å². The zero-order valence-electron chi connectivity index (χ0n) is 15.3. The van der Waals surface area contributed by atoms with Crippen LogP contribution in [0, 0.1) is 12.7 Å². The Morgan fingerprint density at radius 1 is 1.16 bits per heavy atom. The van der Waals surface area contributed by atoms with Crippen LogP contribution in [0.25, 0.3) is 0 Å². The molecule has 134 valence electrons. The van der Waals surface area contributed by atoms with E-state index in [0.29, 0.717) is 28.9 Å². The second kappa shape index (κ2) is 8.92. The fourth-order valence-electron chi connectivity index (χ4n) is 2.36. The molecular formula is C20H26FN3S. The summed E-state index contributed by atoms with van der Waals surface area (Å²) in [6, 6.07) is 13.8. The first-order valence-electron chi connectivity index (χ1n) is 8.45. The molecular weight excluding hydrogens is 333 g/mol. The Labute approximate surface area is 155 Å². The molecule has 0 bridgehead atoms. The maximum Gasteiger partial charge on any atom is 0.171 e. The number of aryl methyl sites for hydroxylation is 1. The van der Waals surface area contributed by atoms with Crippen molar-refractivity contribution in [1.29, 1.82) is 0 Å². The molecule has 0 saturated heterocycles. The minimum Gasteiger partial charge on any atom is -0.358 e. The zero-order valence-corrected chi connectivity index (χ0v) is 16.1. The highest BCUT2D eigenvalue weighted by Crippen LogP contribution is 2.14. The third-order valence-corrected chi connectivity index (χ3v) is 4.54. The van der Waals surface area contributed by atoms with Gasteiger partial charge in [0.2, 0.25) is 0 Å². The van der Waals surface area contributed by atoms with Gasteiger partial charge >= 0.3 is 0 Å². The minimum atomic E-state index is -0.241. The van der Waals surface area contributed by atoms with Crippen molar-refractivity contribution in [2.45, 2.75) is 39.9 Å². The van der Waals surface area contributed by atoms with Gasteiger partial charge in [0, 0.05) is 24.8 Å². The normalized spacial score (nSPS) is 11.0. The Kier molecular flexibility index (Phi) is 6.91. The van der Waals surface area contributed by atoms with Gasteiger partial charge in [0.1, 0.15) is 5.82 Å². The minimum absolute atomic E-state index is 0.241. The SMILES string of the molecule is Cc1ccc(NC(=S)NCc2ccccc2CN(C)C(C)C)cc1F. The Morgan fingerprint density at radius 2 is 1.84 bits per heavy atom. The first-order valence-corrected chi connectivity index (χ1v) is 8.85. The maximum absolute atomic E-state index is 13.6. The number of hydrogen-bond donors (Lipinski definition) is 2. The van der Waals surface area contributed by atoms with Gasteiger partial charge in [-0.1, -0.05) is 30.3 Å². The molecule has 0 aliphatic carbocycles. The Hall–Kier alpha value is -1.98. The standard InChI is InChI=1S/C20H26FN3S/c1-14(2)24(4)13-17-8-6-5-7-16(17)12-22-20(25)23-18-10-9-15(3)19(21)11-18/h5-11,14H,12-13H2,1-4H3,(H2,22,23,25). The van der Waals surface area contributed by atoms with Gasteiger partial charge < -0.3 is 10.6 Å². The van der Waals surface area contributed by atoms with Crippen molar-refractivity contribution in [3.8, 4) is 0 Å². The Balaban J connectivity index is 1.96. The lowest BCUT2D eigenvalue weighted by Gasteiger charge is -2.23. The highest BCUT2D eigenvalue weighted by Gasteiger charge is 2.08. The third-order valence-electron chi connectivity index (χ3n) is 4.29. The van der Waals surface area contributed by atoms with Crippen LogP contribution in [0.4, 0.5) is 10.1 Å². The Bertz CT molecular complexity index is 731. The summed E-state index contributed by atoms with van der Waals surface area (Å²) in [5, 5.41) is 6.71. The number of benzene rings is 2. The summed E-state index contributed by atoms with van der Waals surface area (Å²) < 4.78 is 13.6. The molecule has 0 aromatic heterocycles. The van der Waals surface area contributed by atoms with Crippen LogP contribution in [0.5, 0.6) is 0 Å². The molecule has 2 rings (SSSR count). The molecule has 0 fully saturated rings. The molecule has 2 N–H and O–H groups in total. The summed E-state index contributed by atoms with van der Waals surface area (Å²) in [6.07, 6.45) is 0. The number of rotatable bonds is 6. The molecule has 5 heteroatoms.